The topological polar surface area (TPSA) is 109 Å². The first-order valence-electron chi connectivity index (χ1n) is 6.67. The third kappa shape index (κ3) is 5.24. The molecule has 0 radical (unpaired) electrons. The Kier molecular flexibility index (Phi) is 6.05. The number of thiophene rings is 1. The fourth-order valence-electron chi connectivity index (χ4n) is 1.78. The number of hydrogen-bond donors (Lipinski definition) is 3. The van der Waals surface area contributed by atoms with E-state index in [4.69, 9.17) is 10.8 Å². The van der Waals surface area contributed by atoms with E-state index in [0.717, 1.165) is 14.0 Å². The molecule has 124 valence electrons. The van der Waals surface area contributed by atoms with Gasteiger partial charge in [-0.3, -0.25) is 0 Å². The van der Waals surface area contributed by atoms with Gasteiger partial charge in [-0.15, -0.1) is 11.3 Å². The van der Waals surface area contributed by atoms with Crippen LogP contribution in [0.15, 0.2) is 50.4 Å². The second-order valence-electron chi connectivity index (χ2n) is 4.56. The molecular weight excluding hydrogens is 356 g/mol. The Labute approximate surface area is 142 Å². The van der Waals surface area contributed by atoms with Crippen LogP contribution in [0.2, 0.25) is 0 Å². The molecule has 0 saturated heterocycles. The Morgan fingerprint density at radius 3 is 2.52 bits per heavy atom. The van der Waals surface area contributed by atoms with E-state index in [1.807, 2.05) is 12.1 Å². The molecule has 23 heavy (non-hydrogen) atoms. The van der Waals surface area contributed by atoms with Gasteiger partial charge in [0.25, 0.3) is 0 Å². The predicted octanol–water partition coefficient (Wildman–Crippen LogP) is 2.40. The van der Waals surface area contributed by atoms with Crippen molar-refractivity contribution in [2.45, 2.75) is 20.5 Å². The second-order valence-corrected chi connectivity index (χ2v) is 9.21. The molecule has 2 rings (SSSR count). The number of carboxylic acid groups (broad SMARTS) is 1. The molecule has 1 heterocycles. The van der Waals surface area contributed by atoms with Crippen molar-refractivity contribution in [2.75, 3.05) is 12.3 Å². The van der Waals surface area contributed by atoms with Crippen LogP contribution >= 0.6 is 23.1 Å². The van der Waals surface area contributed by atoms with Gasteiger partial charge in [-0.2, -0.15) is 0 Å². The summed E-state index contributed by atoms with van der Waals surface area (Å²) in [6.45, 7) is 0.373. The molecule has 0 bridgehead atoms. The van der Waals surface area contributed by atoms with E-state index in [1.165, 1.54) is 23.1 Å². The van der Waals surface area contributed by atoms with E-state index in [1.54, 1.807) is 24.3 Å². The fraction of sp³-hybridized carbons (Fsp3) is 0.214. The summed E-state index contributed by atoms with van der Waals surface area (Å²) in [7, 11) is -3.31. The lowest BCUT2D eigenvalue weighted by Gasteiger charge is -2.04. The molecule has 6 nitrogen and oxygen atoms in total. The highest BCUT2D eigenvalue weighted by atomic mass is 32.2. The van der Waals surface area contributed by atoms with Crippen LogP contribution in [-0.2, 0) is 16.4 Å². The maximum absolute atomic E-state index is 11.9. The summed E-state index contributed by atoms with van der Waals surface area (Å²) in [5.74, 6) is -0.0651. The van der Waals surface area contributed by atoms with Gasteiger partial charge in [0.05, 0.1) is 21.4 Å². The van der Waals surface area contributed by atoms with Crippen molar-refractivity contribution in [3.63, 3.8) is 0 Å². The number of sulfone groups is 1. The number of nitrogens with one attached hydrogen (secondary N) is 1. The SMILES string of the molecule is NCCS(=O)(=O)c1ccc(Sc2ccc(CNC(=O)O)s2)cc1. The number of nitrogens with two attached hydrogens (primary N) is 1. The summed E-state index contributed by atoms with van der Waals surface area (Å²) >= 11 is 2.99. The van der Waals surface area contributed by atoms with Gasteiger partial charge in [-0.25, -0.2) is 13.2 Å². The van der Waals surface area contributed by atoms with Crippen molar-refractivity contribution < 1.29 is 18.3 Å². The van der Waals surface area contributed by atoms with E-state index in [0.29, 0.717) is 0 Å². The second kappa shape index (κ2) is 7.82. The molecule has 0 atom stereocenters. The van der Waals surface area contributed by atoms with Gasteiger partial charge < -0.3 is 16.2 Å². The molecule has 0 aliphatic heterocycles. The maximum atomic E-state index is 11.9. The van der Waals surface area contributed by atoms with Crippen LogP contribution in [0.1, 0.15) is 4.88 Å². The van der Waals surface area contributed by atoms with Crippen molar-refractivity contribution in [2.24, 2.45) is 5.73 Å². The first-order valence-corrected chi connectivity index (χ1v) is 9.95. The average Bonchev–Trinajstić information content (AvgIpc) is 2.93. The predicted molar refractivity (Wildman–Crippen MR) is 90.9 cm³/mol. The lowest BCUT2D eigenvalue weighted by Crippen LogP contribution is -2.19. The van der Waals surface area contributed by atoms with Crippen LogP contribution in [0.5, 0.6) is 0 Å². The molecule has 4 N–H and O–H groups in total. The van der Waals surface area contributed by atoms with E-state index < -0.39 is 15.9 Å². The quantitative estimate of drug-likeness (QED) is 0.688. The molecule has 0 spiro atoms. The molecular formula is C14H16N2O4S3. The summed E-state index contributed by atoms with van der Waals surface area (Å²) in [5.41, 5.74) is 5.31. The smallest absolute Gasteiger partial charge is 0.404 e. The van der Waals surface area contributed by atoms with Gasteiger partial charge in [-0.1, -0.05) is 11.8 Å². The molecule has 1 amide bonds. The normalized spacial score (nSPS) is 11.3. The zero-order chi connectivity index (χ0) is 16.9. The van der Waals surface area contributed by atoms with Crippen molar-refractivity contribution >= 4 is 39.0 Å². The molecule has 2 aromatic rings. The molecule has 0 fully saturated rings. The Bertz CT molecular complexity index is 770. The summed E-state index contributed by atoms with van der Waals surface area (Å²) in [4.78, 5) is 12.6. The number of hydrogen-bond acceptors (Lipinski definition) is 6. The summed E-state index contributed by atoms with van der Waals surface area (Å²) in [6, 6.07) is 10.4. The molecule has 9 heteroatoms. The van der Waals surface area contributed by atoms with Gasteiger partial charge in [-0.05, 0) is 36.4 Å². The van der Waals surface area contributed by atoms with Gasteiger partial charge >= 0.3 is 6.09 Å². The highest BCUT2D eigenvalue weighted by molar-refractivity contribution is 8.01. The van der Waals surface area contributed by atoms with Crippen molar-refractivity contribution in [3.05, 3.63) is 41.3 Å². The highest BCUT2D eigenvalue weighted by Crippen LogP contribution is 2.33. The standard InChI is InChI=1S/C14H16N2O4S3/c15-7-8-23(19,20)12-4-1-10(2-5-12)21-13-6-3-11(22-13)9-16-14(17)18/h1-6,16H,7-9,15H2,(H,17,18). The first-order chi connectivity index (χ1) is 10.9. The van der Waals surface area contributed by atoms with E-state index in [-0.39, 0.29) is 23.7 Å². The molecule has 1 aromatic carbocycles. The number of carbonyl (C=O) groups is 1. The minimum atomic E-state index is -3.31. The monoisotopic (exact) mass is 372 g/mol. The average molecular weight is 372 g/mol. The van der Waals surface area contributed by atoms with Crippen molar-refractivity contribution in [1.82, 2.24) is 5.32 Å². The Hall–Kier alpha value is -1.55. The third-order valence-corrected chi connectivity index (χ3v) is 6.83. The van der Waals surface area contributed by atoms with Crippen molar-refractivity contribution in [3.8, 4) is 0 Å². The van der Waals surface area contributed by atoms with Gasteiger partial charge in [0, 0.05) is 16.3 Å². The number of amides is 1. The Morgan fingerprint density at radius 1 is 1.22 bits per heavy atom. The van der Waals surface area contributed by atoms with Crippen LogP contribution in [0.25, 0.3) is 0 Å². The number of benzene rings is 1. The van der Waals surface area contributed by atoms with E-state index in [2.05, 4.69) is 5.32 Å². The molecule has 0 unspecified atom stereocenters. The minimum Gasteiger partial charge on any atom is -0.465 e. The summed E-state index contributed by atoms with van der Waals surface area (Å²) < 4.78 is 24.8. The lowest BCUT2D eigenvalue weighted by atomic mass is 10.4. The van der Waals surface area contributed by atoms with Crippen LogP contribution in [-0.4, -0.2) is 31.9 Å². The molecule has 0 saturated carbocycles. The van der Waals surface area contributed by atoms with Gasteiger partial charge in [0.1, 0.15) is 0 Å². The fourth-order valence-corrected chi connectivity index (χ4v) is 4.96. The van der Waals surface area contributed by atoms with Crippen LogP contribution in [0.3, 0.4) is 0 Å². The van der Waals surface area contributed by atoms with E-state index >= 15 is 0 Å². The zero-order valence-corrected chi connectivity index (χ0v) is 14.5. The third-order valence-electron chi connectivity index (χ3n) is 2.84. The molecule has 0 aliphatic rings. The first kappa shape index (κ1) is 17.8. The van der Waals surface area contributed by atoms with Gasteiger partial charge in [0.15, 0.2) is 9.84 Å². The molecule has 1 aromatic heterocycles. The largest absolute Gasteiger partial charge is 0.465 e. The highest BCUT2D eigenvalue weighted by Gasteiger charge is 2.13. The number of rotatable bonds is 7. The van der Waals surface area contributed by atoms with Crippen molar-refractivity contribution in [1.29, 1.82) is 0 Å². The van der Waals surface area contributed by atoms with Crippen LogP contribution < -0.4 is 11.1 Å². The summed E-state index contributed by atoms with van der Waals surface area (Å²) in [5, 5.41) is 10.9. The Morgan fingerprint density at radius 2 is 1.91 bits per heavy atom. The minimum absolute atomic E-state index is 0.0651. The molecule has 0 aliphatic carbocycles. The van der Waals surface area contributed by atoms with Crippen LogP contribution in [0.4, 0.5) is 4.79 Å². The maximum Gasteiger partial charge on any atom is 0.404 e. The Balaban J connectivity index is 2.02. The zero-order valence-electron chi connectivity index (χ0n) is 12.1. The summed E-state index contributed by atoms with van der Waals surface area (Å²) in [6.07, 6.45) is -1.05. The van der Waals surface area contributed by atoms with Gasteiger partial charge in [0.2, 0.25) is 0 Å². The van der Waals surface area contributed by atoms with E-state index in [9.17, 15) is 13.2 Å². The lowest BCUT2D eigenvalue weighted by molar-refractivity contribution is 0.194. The van der Waals surface area contributed by atoms with Crippen LogP contribution in [0, 0.1) is 0 Å².